The van der Waals surface area contributed by atoms with E-state index in [1.165, 1.54) is 28.6 Å². The van der Waals surface area contributed by atoms with Crippen LogP contribution in [0.3, 0.4) is 0 Å². The van der Waals surface area contributed by atoms with Crippen molar-refractivity contribution in [2.24, 2.45) is 0 Å². The lowest BCUT2D eigenvalue weighted by Crippen LogP contribution is -2.14. The highest BCUT2D eigenvalue weighted by atomic mass is 79.9. The summed E-state index contributed by atoms with van der Waals surface area (Å²) in [4.78, 5) is 12.0. The van der Waals surface area contributed by atoms with Crippen molar-refractivity contribution in [2.45, 2.75) is 5.16 Å². The zero-order valence-corrected chi connectivity index (χ0v) is 14.6. The molecule has 0 fully saturated rings. The van der Waals surface area contributed by atoms with E-state index in [-0.39, 0.29) is 17.5 Å². The van der Waals surface area contributed by atoms with Crippen LogP contribution in [0.2, 0.25) is 0 Å². The van der Waals surface area contributed by atoms with Gasteiger partial charge in [0.1, 0.15) is 5.82 Å². The van der Waals surface area contributed by atoms with E-state index in [2.05, 4.69) is 36.8 Å². The first-order valence-corrected chi connectivity index (χ1v) is 8.62. The molecule has 0 aliphatic carbocycles. The van der Waals surface area contributed by atoms with Gasteiger partial charge in [-0.2, -0.15) is 4.68 Å². The SMILES string of the molecule is O=C(CSc1nnnn1-c1ccc(F)cc1)Nc1ccc(Br)cc1. The maximum absolute atomic E-state index is 13.0. The third-order valence-corrected chi connectivity index (χ3v) is 4.42. The molecule has 0 aliphatic rings. The largest absolute Gasteiger partial charge is 0.325 e. The molecule has 1 aromatic heterocycles. The van der Waals surface area contributed by atoms with E-state index in [1.54, 1.807) is 24.3 Å². The van der Waals surface area contributed by atoms with Gasteiger partial charge in [-0.05, 0) is 59.0 Å². The minimum absolute atomic E-state index is 0.150. The Bertz CT molecular complexity index is 838. The van der Waals surface area contributed by atoms with Crippen molar-refractivity contribution >= 4 is 39.3 Å². The van der Waals surface area contributed by atoms with Crippen molar-refractivity contribution in [3.63, 3.8) is 0 Å². The normalized spacial score (nSPS) is 10.6. The molecule has 122 valence electrons. The Balaban J connectivity index is 1.63. The Labute approximate surface area is 149 Å². The van der Waals surface area contributed by atoms with Crippen molar-refractivity contribution in [1.82, 2.24) is 20.2 Å². The average molecular weight is 408 g/mol. The van der Waals surface area contributed by atoms with Crippen LogP contribution in [0.4, 0.5) is 10.1 Å². The summed E-state index contributed by atoms with van der Waals surface area (Å²) < 4.78 is 15.4. The predicted molar refractivity (Wildman–Crippen MR) is 92.6 cm³/mol. The number of benzene rings is 2. The average Bonchev–Trinajstić information content (AvgIpc) is 3.04. The molecule has 1 amide bonds. The molecular weight excluding hydrogens is 397 g/mol. The zero-order chi connectivity index (χ0) is 16.9. The molecule has 6 nitrogen and oxygen atoms in total. The highest BCUT2D eigenvalue weighted by molar-refractivity contribution is 9.10. The Morgan fingerprint density at radius 1 is 1.17 bits per heavy atom. The zero-order valence-electron chi connectivity index (χ0n) is 12.2. The molecular formula is C15H11BrFN5OS. The Hall–Kier alpha value is -2.26. The predicted octanol–water partition coefficient (Wildman–Crippen LogP) is 3.29. The second-order valence-corrected chi connectivity index (χ2v) is 6.55. The third kappa shape index (κ3) is 4.18. The molecule has 3 aromatic rings. The number of carbonyl (C=O) groups is 1. The van der Waals surface area contributed by atoms with Crippen LogP contribution in [0.1, 0.15) is 0 Å². The van der Waals surface area contributed by atoms with Crippen molar-refractivity contribution in [3.8, 4) is 5.69 Å². The number of amides is 1. The molecule has 0 radical (unpaired) electrons. The fraction of sp³-hybridized carbons (Fsp3) is 0.0667. The molecule has 0 atom stereocenters. The van der Waals surface area contributed by atoms with Crippen molar-refractivity contribution < 1.29 is 9.18 Å². The van der Waals surface area contributed by atoms with Gasteiger partial charge in [0.25, 0.3) is 0 Å². The highest BCUT2D eigenvalue weighted by Crippen LogP contribution is 2.19. The lowest BCUT2D eigenvalue weighted by Gasteiger charge is -2.06. The van der Waals surface area contributed by atoms with Crippen LogP contribution in [-0.2, 0) is 4.79 Å². The van der Waals surface area contributed by atoms with Crippen LogP contribution in [0.25, 0.3) is 5.69 Å². The number of nitrogens with zero attached hydrogens (tertiary/aromatic N) is 4. The number of tetrazole rings is 1. The van der Waals surface area contributed by atoms with Gasteiger partial charge in [0, 0.05) is 10.2 Å². The molecule has 2 aromatic carbocycles. The van der Waals surface area contributed by atoms with Gasteiger partial charge in [-0.25, -0.2) is 4.39 Å². The number of nitrogens with one attached hydrogen (secondary N) is 1. The summed E-state index contributed by atoms with van der Waals surface area (Å²) in [7, 11) is 0. The van der Waals surface area contributed by atoms with Gasteiger partial charge in [0.15, 0.2) is 0 Å². The number of hydrogen-bond donors (Lipinski definition) is 1. The fourth-order valence-corrected chi connectivity index (χ4v) is 2.83. The number of halogens is 2. The monoisotopic (exact) mass is 407 g/mol. The summed E-state index contributed by atoms with van der Waals surface area (Å²) in [6.07, 6.45) is 0. The lowest BCUT2D eigenvalue weighted by atomic mass is 10.3. The van der Waals surface area contributed by atoms with Crippen LogP contribution >= 0.6 is 27.7 Å². The number of rotatable bonds is 5. The molecule has 1 N–H and O–H groups in total. The first-order valence-electron chi connectivity index (χ1n) is 6.84. The van der Waals surface area contributed by atoms with Gasteiger partial charge >= 0.3 is 0 Å². The maximum atomic E-state index is 13.0. The van der Waals surface area contributed by atoms with Crippen LogP contribution in [0.15, 0.2) is 58.2 Å². The molecule has 0 aliphatic heterocycles. The molecule has 3 rings (SSSR count). The Morgan fingerprint density at radius 2 is 1.88 bits per heavy atom. The van der Waals surface area contributed by atoms with Gasteiger partial charge in [-0.15, -0.1) is 5.10 Å². The lowest BCUT2D eigenvalue weighted by molar-refractivity contribution is -0.113. The fourth-order valence-electron chi connectivity index (χ4n) is 1.87. The van der Waals surface area contributed by atoms with E-state index in [0.29, 0.717) is 16.5 Å². The van der Waals surface area contributed by atoms with E-state index < -0.39 is 0 Å². The molecule has 0 spiro atoms. The second-order valence-electron chi connectivity index (χ2n) is 4.69. The summed E-state index contributed by atoms with van der Waals surface area (Å²) in [5.41, 5.74) is 1.33. The molecule has 0 saturated heterocycles. The number of thioether (sulfide) groups is 1. The molecule has 24 heavy (non-hydrogen) atoms. The van der Waals surface area contributed by atoms with Crippen LogP contribution < -0.4 is 5.32 Å². The highest BCUT2D eigenvalue weighted by Gasteiger charge is 2.12. The van der Waals surface area contributed by atoms with E-state index in [4.69, 9.17) is 0 Å². The minimum atomic E-state index is -0.338. The summed E-state index contributed by atoms with van der Waals surface area (Å²) in [6, 6.07) is 13.1. The smallest absolute Gasteiger partial charge is 0.234 e. The van der Waals surface area contributed by atoms with Crippen molar-refractivity contribution in [3.05, 3.63) is 58.8 Å². The van der Waals surface area contributed by atoms with E-state index in [0.717, 1.165) is 4.47 Å². The summed E-state index contributed by atoms with van der Waals surface area (Å²) in [5.74, 6) is -0.358. The first kappa shape index (κ1) is 16.6. The molecule has 0 unspecified atom stereocenters. The van der Waals surface area contributed by atoms with Crippen LogP contribution in [0.5, 0.6) is 0 Å². The van der Waals surface area contributed by atoms with E-state index in [1.807, 2.05) is 12.1 Å². The molecule has 0 saturated carbocycles. The van der Waals surface area contributed by atoms with Crippen molar-refractivity contribution in [1.29, 1.82) is 0 Å². The van der Waals surface area contributed by atoms with Crippen LogP contribution in [0, 0.1) is 5.82 Å². The third-order valence-electron chi connectivity index (χ3n) is 2.97. The van der Waals surface area contributed by atoms with Gasteiger partial charge in [0.05, 0.1) is 11.4 Å². The van der Waals surface area contributed by atoms with E-state index in [9.17, 15) is 9.18 Å². The van der Waals surface area contributed by atoms with E-state index >= 15 is 0 Å². The molecule has 9 heteroatoms. The number of aromatic nitrogens is 4. The van der Waals surface area contributed by atoms with Crippen LogP contribution in [-0.4, -0.2) is 31.9 Å². The summed E-state index contributed by atoms with van der Waals surface area (Å²) in [6.45, 7) is 0. The summed E-state index contributed by atoms with van der Waals surface area (Å²) in [5, 5.41) is 14.6. The molecule has 0 bridgehead atoms. The topological polar surface area (TPSA) is 72.7 Å². The molecule has 1 heterocycles. The van der Waals surface area contributed by atoms with Crippen molar-refractivity contribution in [2.75, 3.05) is 11.1 Å². The second kappa shape index (κ2) is 7.54. The number of anilines is 1. The van der Waals surface area contributed by atoms with Gasteiger partial charge in [-0.3, -0.25) is 4.79 Å². The Morgan fingerprint density at radius 3 is 2.58 bits per heavy atom. The number of carbonyl (C=O) groups excluding carboxylic acids is 1. The van der Waals surface area contributed by atoms with Gasteiger partial charge in [0.2, 0.25) is 11.1 Å². The minimum Gasteiger partial charge on any atom is -0.325 e. The number of hydrogen-bond acceptors (Lipinski definition) is 5. The first-order chi connectivity index (χ1) is 11.6. The van der Waals surface area contributed by atoms with Gasteiger partial charge < -0.3 is 5.32 Å². The van der Waals surface area contributed by atoms with Gasteiger partial charge in [-0.1, -0.05) is 27.7 Å². The maximum Gasteiger partial charge on any atom is 0.234 e. The standard InChI is InChI=1S/C15H11BrFN5OS/c16-10-1-5-12(6-2-10)18-14(23)9-24-15-19-20-21-22(15)13-7-3-11(17)4-8-13/h1-8H,9H2,(H,18,23). The quantitative estimate of drug-likeness (QED) is 0.656. The Kier molecular flexibility index (Phi) is 5.21. The summed E-state index contributed by atoms with van der Waals surface area (Å²) >= 11 is 4.53.